The van der Waals surface area contributed by atoms with Crippen molar-refractivity contribution in [3.63, 3.8) is 0 Å². The molecule has 0 bridgehead atoms. The SMILES string of the molecule is C=C=CC=C=C(C)C(C)C(C)O. The maximum Gasteiger partial charge on any atom is 0.0580 e. The van der Waals surface area contributed by atoms with Gasteiger partial charge in [-0.25, -0.2) is 0 Å². The van der Waals surface area contributed by atoms with E-state index in [9.17, 15) is 5.11 Å². The van der Waals surface area contributed by atoms with E-state index in [2.05, 4.69) is 18.0 Å². The summed E-state index contributed by atoms with van der Waals surface area (Å²) >= 11 is 0. The minimum Gasteiger partial charge on any atom is -0.393 e. The predicted molar refractivity (Wildman–Crippen MR) is 51.8 cm³/mol. The molecular formula is C11H16O. The Balaban J connectivity index is 4.46. The van der Waals surface area contributed by atoms with Gasteiger partial charge in [-0.05, 0) is 31.6 Å². The van der Waals surface area contributed by atoms with Crippen molar-refractivity contribution in [2.45, 2.75) is 26.9 Å². The van der Waals surface area contributed by atoms with Crippen molar-refractivity contribution in [3.05, 3.63) is 35.8 Å². The molecule has 0 aromatic carbocycles. The Hall–Kier alpha value is -1.00. The van der Waals surface area contributed by atoms with Crippen LogP contribution in [-0.2, 0) is 0 Å². The molecule has 0 radical (unpaired) electrons. The fourth-order valence-electron chi connectivity index (χ4n) is 0.725. The van der Waals surface area contributed by atoms with Crippen molar-refractivity contribution in [2.24, 2.45) is 5.92 Å². The van der Waals surface area contributed by atoms with Crippen LogP contribution in [0.25, 0.3) is 0 Å². The van der Waals surface area contributed by atoms with Gasteiger partial charge in [0.2, 0.25) is 0 Å². The molecule has 0 fully saturated rings. The first kappa shape index (κ1) is 11.0. The van der Waals surface area contributed by atoms with Crippen LogP contribution in [0, 0.1) is 5.92 Å². The topological polar surface area (TPSA) is 20.2 Å². The highest BCUT2D eigenvalue weighted by molar-refractivity contribution is 5.08. The fraction of sp³-hybridized carbons (Fsp3) is 0.455. The third-order valence-electron chi connectivity index (χ3n) is 1.92. The lowest BCUT2D eigenvalue weighted by molar-refractivity contribution is 0.152. The third-order valence-corrected chi connectivity index (χ3v) is 1.92. The number of hydrogen-bond acceptors (Lipinski definition) is 1. The lowest BCUT2D eigenvalue weighted by Gasteiger charge is -2.12. The second kappa shape index (κ2) is 5.62. The van der Waals surface area contributed by atoms with E-state index < -0.39 is 0 Å². The molecule has 0 saturated heterocycles. The van der Waals surface area contributed by atoms with Gasteiger partial charge in [-0.3, -0.25) is 0 Å². The first-order chi connectivity index (χ1) is 5.59. The van der Waals surface area contributed by atoms with Gasteiger partial charge in [-0.15, -0.1) is 11.5 Å². The number of aliphatic hydroxyl groups excluding tert-OH is 1. The standard InChI is InChI=1S/C11H16O/c1-5-6-7-8-9(2)10(3)11(4)12/h6-7,10-12H,1H2,2-4H3. The summed E-state index contributed by atoms with van der Waals surface area (Å²) in [4.78, 5) is 0. The van der Waals surface area contributed by atoms with Gasteiger partial charge in [-0.2, -0.15) is 0 Å². The summed E-state index contributed by atoms with van der Waals surface area (Å²) in [7, 11) is 0. The van der Waals surface area contributed by atoms with Crippen LogP contribution in [-0.4, -0.2) is 11.2 Å². The van der Waals surface area contributed by atoms with Gasteiger partial charge in [0.25, 0.3) is 0 Å². The molecular weight excluding hydrogens is 148 g/mol. The van der Waals surface area contributed by atoms with Crippen molar-refractivity contribution in [1.29, 1.82) is 0 Å². The number of rotatable bonds is 3. The zero-order valence-electron chi connectivity index (χ0n) is 7.96. The predicted octanol–water partition coefficient (Wildman–Crippen LogP) is 2.45. The molecule has 0 spiro atoms. The summed E-state index contributed by atoms with van der Waals surface area (Å²) in [6.07, 6.45) is 3.12. The smallest absolute Gasteiger partial charge is 0.0580 e. The van der Waals surface area contributed by atoms with Crippen molar-refractivity contribution in [3.8, 4) is 0 Å². The van der Waals surface area contributed by atoms with Crippen LogP contribution in [0.5, 0.6) is 0 Å². The van der Waals surface area contributed by atoms with E-state index in [1.54, 1.807) is 19.1 Å². The summed E-state index contributed by atoms with van der Waals surface area (Å²) in [5.74, 6) is 0.152. The van der Waals surface area contributed by atoms with Crippen LogP contribution in [0.1, 0.15) is 20.8 Å². The van der Waals surface area contributed by atoms with Crippen LogP contribution in [0.15, 0.2) is 35.8 Å². The molecule has 1 nitrogen and oxygen atoms in total. The number of hydrogen-bond donors (Lipinski definition) is 1. The molecule has 66 valence electrons. The van der Waals surface area contributed by atoms with Crippen molar-refractivity contribution in [1.82, 2.24) is 0 Å². The quantitative estimate of drug-likeness (QED) is 0.502. The summed E-state index contributed by atoms with van der Waals surface area (Å²) in [6, 6.07) is 0. The van der Waals surface area contributed by atoms with E-state index in [0.717, 1.165) is 5.57 Å². The first-order valence-electron chi connectivity index (χ1n) is 4.05. The highest BCUT2D eigenvalue weighted by atomic mass is 16.3. The molecule has 0 aliphatic rings. The second-order valence-electron chi connectivity index (χ2n) is 2.89. The average molecular weight is 164 g/mol. The van der Waals surface area contributed by atoms with E-state index in [0.29, 0.717) is 0 Å². The van der Waals surface area contributed by atoms with E-state index in [1.165, 1.54) is 0 Å². The van der Waals surface area contributed by atoms with Gasteiger partial charge >= 0.3 is 0 Å². The van der Waals surface area contributed by atoms with Gasteiger partial charge < -0.3 is 5.11 Å². The number of aliphatic hydroxyl groups is 1. The van der Waals surface area contributed by atoms with Gasteiger partial charge in [-0.1, -0.05) is 13.5 Å². The molecule has 0 heterocycles. The van der Waals surface area contributed by atoms with Crippen LogP contribution >= 0.6 is 0 Å². The third kappa shape index (κ3) is 4.00. The molecule has 0 aromatic rings. The lowest BCUT2D eigenvalue weighted by Crippen LogP contribution is -2.13. The molecule has 2 atom stereocenters. The van der Waals surface area contributed by atoms with E-state index in [4.69, 9.17) is 0 Å². The van der Waals surface area contributed by atoms with Gasteiger partial charge in [0.15, 0.2) is 0 Å². The zero-order chi connectivity index (χ0) is 9.56. The Morgan fingerprint density at radius 1 is 1.42 bits per heavy atom. The van der Waals surface area contributed by atoms with Crippen molar-refractivity contribution in [2.75, 3.05) is 0 Å². The monoisotopic (exact) mass is 164 g/mol. The van der Waals surface area contributed by atoms with Gasteiger partial charge in [0.05, 0.1) is 6.10 Å². The molecule has 0 aliphatic carbocycles. The van der Waals surface area contributed by atoms with Gasteiger partial charge in [0, 0.05) is 5.92 Å². The summed E-state index contributed by atoms with van der Waals surface area (Å²) in [6.45, 7) is 9.12. The Morgan fingerprint density at radius 3 is 2.42 bits per heavy atom. The molecule has 0 aromatic heterocycles. The molecule has 2 unspecified atom stereocenters. The van der Waals surface area contributed by atoms with Crippen LogP contribution in [0.3, 0.4) is 0 Å². The highest BCUT2D eigenvalue weighted by Crippen LogP contribution is 2.12. The Bertz CT molecular complexity index is 236. The zero-order valence-corrected chi connectivity index (χ0v) is 7.96. The molecule has 0 rings (SSSR count). The molecule has 0 aliphatic heterocycles. The maximum absolute atomic E-state index is 9.23. The Morgan fingerprint density at radius 2 is 2.00 bits per heavy atom. The molecule has 12 heavy (non-hydrogen) atoms. The summed E-state index contributed by atoms with van der Waals surface area (Å²) in [5, 5.41) is 9.23. The summed E-state index contributed by atoms with van der Waals surface area (Å²) < 4.78 is 0. The Kier molecular flexibility index (Phi) is 5.16. The van der Waals surface area contributed by atoms with Crippen molar-refractivity contribution >= 4 is 0 Å². The number of allylic oxidation sites excluding steroid dienone is 1. The van der Waals surface area contributed by atoms with Crippen LogP contribution in [0.4, 0.5) is 0 Å². The second-order valence-corrected chi connectivity index (χ2v) is 2.89. The molecule has 0 amide bonds. The van der Waals surface area contributed by atoms with Gasteiger partial charge in [0.1, 0.15) is 0 Å². The molecule has 0 saturated carbocycles. The largest absolute Gasteiger partial charge is 0.393 e. The Labute approximate surface area is 74.4 Å². The van der Waals surface area contributed by atoms with Crippen LogP contribution < -0.4 is 0 Å². The fourth-order valence-corrected chi connectivity index (χ4v) is 0.725. The first-order valence-corrected chi connectivity index (χ1v) is 4.05. The minimum atomic E-state index is -0.321. The normalized spacial score (nSPS) is 13.7. The van der Waals surface area contributed by atoms with Crippen molar-refractivity contribution < 1.29 is 5.11 Å². The van der Waals surface area contributed by atoms with E-state index in [-0.39, 0.29) is 12.0 Å². The van der Waals surface area contributed by atoms with E-state index in [1.807, 2.05) is 13.8 Å². The van der Waals surface area contributed by atoms with Crippen LogP contribution in [0.2, 0.25) is 0 Å². The minimum absolute atomic E-state index is 0.152. The maximum atomic E-state index is 9.23. The summed E-state index contributed by atoms with van der Waals surface area (Å²) in [5.41, 5.74) is 6.70. The highest BCUT2D eigenvalue weighted by Gasteiger charge is 2.09. The molecule has 1 heteroatoms. The van der Waals surface area contributed by atoms with E-state index >= 15 is 0 Å². The lowest BCUT2D eigenvalue weighted by atomic mass is 9.98. The average Bonchev–Trinajstić information content (AvgIpc) is 2.03. The molecule has 1 N–H and O–H groups in total.